The SMILES string of the molecule is CC(C)(C)C1=N[C]([Zr][C]2=CC=CC2)(C(C)(C)C)C=C1. The average Bonchev–Trinajstić information content (AvgIpc) is 2.85. The van der Waals surface area contributed by atoms with Gasteiger partial charge in [0.25, 0.3) is 0 Å². The first kappa shape index (κ1) is 15.2. The van der Waals surface area contributed by atoms with Crippen LogP contribution >= 0.6 is 0 Å². The van der Waals surface area contributed by atoms with Crippen LogP contribution in [-0.4, -0.2) is 8.96 Å². The first-order valence-electron chi connectivity index (χ1n) is 7.08. The molecular formula is C17H25NZr. The summed E-state index contributed by atoms with van der Waals surface area (Å²) in [6.45, 7) is 13.8. The fraction of sp³-hybridized carbons (Fsp3) is 0.588. The number of hydrogen-bond acceptors (Lipinski definition) is 1. The molecule has 0 aromatic heterocycles. The molecular weight excluding hydrogens is 309 g/mol. The van der Waals surface area contributed by atoms with Crippen molar-refractivity contribution in [1.82, 2.24) is 0 Å². The molecule has 1 atom stereocenters. The molecule has 2 heteroatoms. The van der Waals surface area contributed by atoms with E-state index in [4.69, 9.17) is 4.99 Å². The third kappa shape index (κ3) is 3.10. The van der Waals surface area contributed by atoms with Gasteiger partial charge in [0, 0.05) is 0 Å². The Bertz CT molecular complexity index is 480. The number of aliphatic imine (C=N–C) groups is 1. The average molecular weight is 335 g/mol. The van der Waals surface area contributed by atoms with Gasteiger partial charge in [-0.3, -0.25) is 0 Å². The van der Waals surface area contributed by atoms with Gasteiger partial charge in [-0.25, -0.2) is 0 Å². The van der Waals surface area contributed by atoms with Gasteiger partial charge < -0.3 is 0 Å². The van der Waals surface area contributed by atoms with Crippen molar-refractivity contribution in [2.24, 2.45) is 15.8 Å². The summed E-state index contributed by atoms with van der Waals surface area (Å²) in [6.07, 6.45) is 12.7. The molecule has 1 nitrogen and oxygen atoms in total. The van der Waals surface area contributed by atoms with E-state index >= 15 is 0 Å². The van der Waals surface area contributed by atoms with Crippen LogP contribution in [0.15, 0.2) is 38.7 Å². The summed E-state index contributed by atoms with van der Waals surface area (Å²) in [4.78, 5) is 5.24. The molecule has 1 unspecified atom stereocenters. The van der Waals surface area contributed by atoms with Crippen molar-refractivity contribution in [2.75, 3.05) is 0 Å². The Morgan fingerprint density at radius 2 is 1.84 bits per heavy atom. The van der Waals surface area contributed by atoms with Crippen LogP contribution in [-0.2, 0) is 23.2 Å². The van der Waals surface area contributed by atoms with Crippen LogP contribution in [0, 0.1) is 10.8 Å². The van der Waals surface area contributed by atoms with E-state index in [1.165, 1.54) is 5.71 Å². The van der Waals surface area contributed by atoms with Gasteiger partial charge >= 0.3 is 130 Å². The van der Waals surface area contributed by atoms with Crippen molar-refractivity contribution in [3.8, 4) is 0 Å². The number of nitrogens with zero attached hydrogens (tertiary/aromatic N) is 1. The Morgan fingerprint density at radius 3 is 2.26 bits per heavy atom. The molecule has 1 aliphatic heterocycles. The van der Waals surface area contributed by atoms with Crippen LogP contribution in [0.1, 0.15) is 48.0 Å². The fourth-order valence-electron chi connectivity index (χ4n) is 2.34. The maximum absolute atomic E-state index is 5.24. The topological polar surface area (TPSA) is 12.4 Å². The number of hydrogen-bond donors (Lipinski definition) is 0. The molecule has 0 N–H and O–H groups in total. The quantitative estimate of drug-likeness (QED) is 0.693. The van der Waals surface area contributed by atoms with Crippen LogP contribution < -0.4 is 0 Å². The molecule has 2 rings (SSSR count). The third-order valence-electron chi connectivity index (χ3n) is 3.81. The van der Waals surface area contributed by atoms with Gasteiger partial charge in [-0.05, 0) is 0 Å². The summed E-state index contributed by atoms with van der Waals surface area (Å²) in [7, 11) is 0. The predicted octanol–water partition coefficient (Wildman–Crippen LogP) is 4.71. The van der Waals surface area contributed by atoms with Gasteiger partial charge in [-0.2, -0.15) is 0 Å². The molecule has 1 heterocycles. The second-order valence-corrected chi connectivity index (χ2v) is 11.6. The molecule has 0 aromatic carbocycles. The van der Waals surface area contributed by atoms with Crippen LogP contribution in [0.3, 0.4) is 0 Å². The Balaban J connectivity index is 2.34. The summed E-state index contributed by atoms with van der Waals surface area (Å²) in [6, 6.07) is 0. The Kier molecular flexibility index (Phi) is 3.95. The van der Waals surface area contributed by atoms with Gasteiger partial charge in [0.1, 0.15) is 0 Å². The summed E-state index contributed by atoms with van der Waals surface area (Å²) < 4.78 is 1.76. The Hall–Kier alpha value is -0.227. The van der Waals surface area contributed by atoms with E-state index in [0.717, 1.165) is 6.42 Å². The number of allylic oxidation sites excluding steroid dienone is 5. The summed E-state index contributed by atoms with van der Waals surface area (Å²) in [5.74, 6) is 0. The van der Waals surface area contributed by atoms with Gasteiger partial charge in [-0.15, -0.1) is 0 Å². The standard InChI is InChI=1S/C12H20N.C5H5.Zr/c1-11(2,3)9-7-8-10(13-9)12(4,5)6;1-2-4-5-3-1;/h7-8H,1-6H3;1-3H,4H2;. The van der Waals surface area contributed by atoms with E-state index in [-0.39, 0.29) is 14.1 Å². The first-order chi connectivity index (χ1) is 8.64. The van der Waals surface area contributed by atoms with E-state index in [0.29, 0.717) is 0 Å². The van der Waals surface area contributed by atoms with Crippen molar-refractivity contribution >= 4 is 5.71 Å². The van der Waals surface area contributed by atoms with E-state index in [2.05, 4.69) is 71.9 Å². The van der Waals surface area contributed by atoms with E-state index in [9.17, 15) is 0 Å². The van der Waals surface area contributed by atoms with Crippen LogP contribution in [0.25, 0.3) is 0 Å². The molecule has 0 amide bonds. The molecule has 2 aliphatic rings. The van der Waals surface area contributed by atoms with Crippen molar-refractivity contribution in [1.29, 1.82) is 0 Å². The van der Waals surface area contributed by atoms with E-state index in [1.54, 1.807) is 3.28 Å². The van der Waals surface area contributed by atoms with Crippen molar-refractivity contribution in [2.45, 2.75) is 51.2 Å². The van der Waals surface area contributed by atoms with Crippen LogP contribution in [0.5, 0.6) is 0 Å². The van der Waals surface area contributed by atoms with Gasteiger partial charge in [0.15, 0.2) is 0 Å². The number of rotatable bonds is 2. The molecule has 19 heavy (non-hydrogen) atoms. The Morgan fingerprint density at radius 1 is 1.16 bits per heavy atom. The van der Waals surface area contributed by atoms with Crippen LogP contribution in [0.2, 0.25) is 0 Å². The molecule has 0 spiro atoms. The summed E-state index contributed by atoms with van der Waals surface area (Å²) in [5, 5.41) is 0. The molecule has 1 aliphatic carbocycles. The monoisotopic (exact) mass is 333 g/mol. The molecule has 0 aromatic rings. The first-order valence-corrected chi connectivity index (χ1v) is 9.53. The van der Waals surface area contributed by atoms with Gasteiger partial charge in [0.2, 0.25) is 0 Å². The van der Waals surface area contributed by atoms with Crippen molar-refractivity contribution in [3.63, 3.8) is 0 Å². The van der Waals surface area contributed by atoms with Gasteiger partial charge in [0.05, 0.1) is 0 Å². The van der Waals surface area contributed by atoms with Gasteiger partial charge in [-0.1, -0.05) is 0 Å². The predicted molar refractivity (Wildman–Crippen MR) is 80.1 cm³/mol. The fourth-order valence-corrected chi connectivity index (χ4v) is 6.29. The zero-order chi connectivity index (χ0) is 14.3. The minimum absolute atomic E-state index is 0.0941. The maximum atomic E-state index is 5.24. The summed E-state index contributed by atoms with van der Waals surface area (Å²) >= 11 is -0.738. The van der Waals surface area contributed by atoms with Crippen molar-refractivity contribution in [3.05, 3.63) is 33.7 Å². The molecule has 0 bridgehead atoms. The summed E-state index contributed by atoms with van der Waals surface area (Å²) in [5.41, 5.74) is 1.65. The molecule has 0 saturated heterocycles. The zero-order valence-corrected chi connectivity index (χ0v) is 15.5. The third-order valence-corrected chi connectivity index (χ3v) is 8.98. The normalized spacial score (nSPS) is 26.6. The molecule has 0 radical (unpaired) electrons. The second kappa shape index (κ2) is 4.95. The minimum atomic E-state index is -0.738. The van der Waals surface area contributed by atoms with E-state index in [1.807, 2.05) is 0 Å². The molecule has 102 valence electrons. The second-order valence-electron chi connectivity index (χ2n) is 7.55. The molecule has 0 saturated carbocycles. The van der Waals surface area contributed by atoms with Crippen LogP contribution in [0.4, 0.5) is 0 Å². The Labute approximate surface area is 129 Å². The molecule has 0 fully saturated rings. The van der Waals surface area contributed by atoms with E-state index < -0.39 is 23.2 Å². The van der Waals surface area contributed by atoms with Crippen molar-refractivity contribution < 1.29 is 23.2 Å². The zero-order valence-electron chi connectivity index (χ0n) is 13.0.